The van der Waals surface area contributed by atoms with E-state index in [4.69, 9.17) is 0 Å². The van der Waals surface area contributed by atoms with Crippen molar-refractivity contribution in [3.8, 4) is 11.5 Å². The normalized spacial score (nSPS) is 12.9. The fourth-order valence-electron chi connectivity index (χ4n) is 3.83. The summed E-state index contributed by atoms with van der Waals surface area (Å²) >= 11 is 0. The zero-order valence-corrected chi connectivity index (χ0v) is 17.8. The van der Waals surface area contributed by atoms with Crippen LogP contribution in [0.2, 0.25) is 0 Å². The second-order valence-corrected chi connectivity index (χ2v) is 13.0. The monoisotopic (exact) mass is 374 g/mol. The molecule has 0 radical (unpaired) electrons. The summed E-state index contributed by atoms with van der Waals surface area (Å²) in [6, 6.07) is 15.8. The Morgan fingerprint density at radius 2 is 1.15 bits per heavy atom. The van der Waals surface area contributed by atoms with Crippen LogP contribution in [0.1, 0.15) is 53.4 Å². The molecule has 0 atom stereocenters. The molecule has 0 aromatic heterocycles. The van der Waals surface area contributed by atoms with E-state index in [-0.39, 0.29) is 0 Å². The third-order valence-corrected chi connectivity index (χ3v) is 10.6. The van der Waals surface area contributed by atoms with E-state index in [0.29, 0.717) is 16.9 Å². The number of hydrogen-bond donors (Lipinski definition) is 2. The molecule has 2 N–H and O–H groups in total. The maximum atomic E-state index is 9.77. The van der Waals surface area contributed by atoms with Gasteiger partial charge in [0.15, 0.2) is 0 Å². The van der Waals surface area contributed by atoms with Crippen molar-refractivity contribution < 1.29 is 10.2 Å². The topological polar surface area (TPSA) is 40.5 Å². The molecule has 0 aliphatic rings. The van der Waals surface area contributed by atoms with Gasteiger partial charge in [0.05, 0.1) is 0 Å². The molecule has 0 aliphatic heterocycles. The Morgan fingerprint density at radius 3 is 1.54 bits per heavy atom. The molecule has 2 aromatic rings. The van der Waals surface area contributed by atoms with Gasteiger partial charge < -0.3 is 0 Å². The van der Waals surface area contributed by atoms with E-state index in [1.165, 1.54) is 48.6 Å². The van der Waals surface area contributed by atoms with Crippen LogP contribution in [0.3, 0.4) is 0 Å². The van der Waals surface area contributed by atoms with Crippen molar-refractivity contribution >= 4 is 17.9 Å². The Hall–Kier alpha value is -1.53. The van der Waals surface area contributed by atoms with Gasteiger partial charge in [0, 0.05) is 0 Å². The molecule has 0 saturated heterocycles. The zero-order chi connectivity index (χ0) is 19.2. The Morgan fingerprint density at radius 1 is 0.731 bits per heavy atom. The first-order valence-corrected chi connectivity index (χ1v) is 12.3. The molecular weight excluding hydrogens is 339 g/mol. The minimum absolute atomic E-state index is 0.326. The van der Waals surface area contributed by atoms with Crippen molar-refractivity contribution in [2.75, 3.05) is 12.3 Å². The fraction of sp³-hybridized carbons (Fsp3) is 0.478. The average molecular weight is 375 g/mol. The summed E-state index contributed by atoms with van der Waals surface area (Å²) in [5.74, 6) is 0.653. The molecule has 2 nitrogen and oxygen atoms in total. The van der Waals surface area contributed by atoms with Crippen LogP contribution in [0.15, 0.2) is 48.5 Å². The number of phenolic OH excluding ortho intramolecular Hbond substituents is 2. The van der Waals surface area contributed by atoms with Crippen molar-refractivity contribution in [2.24, 2.45) is 5.41 Å². The molecule has 0 spiro atoms. The van der Waals surface area contributed by atoms with Crippen LogP contribution in [0, 0.1) is 5.41 Å². The number of rotatable bonds is 8. The van der Waals surface area contributed by atoms with E-state index in [1.54, 1.807) is 0 Å². The molecule has 3 heteroatoms. The number of phenols is 2. The van der Waals surface area contributed by atoms with Gasteiger partial charge in [0.2, 0.25) is 0 Å². The summed E-state index contributed by atoms with van der Waals surface area (Å²) in [6.45, 7) is 9.18. The molecule has 2 aromatic carbocycles. The van der Waals surface area contributed by atoms with Crippen molar-refractivity contribution in [3.63, 3.8) is 0 Å². The summed E-state index contributed by atoms with van der Waals surface area (Å²) < 4.78 is 0. The molecule has 0 amide bonds. The van der Waals surface area contributed by atoms with Crippen LogP contribution in [0.25, 0.3) is 0 Å². The minimum atomic E-state index is -1.94. The van der Waals surface area contributed by atoms with E-state index in [2.05, 4.69) is 52.0 Å². The van der Waals surface area contributed by atoms with Crippen molar-refractivity contribution in [1.82, 2.24) is 0 Å². The van der Waals surface area contributed by atoms with E-state index >= 15 is 0 Å². The third-order valence-electron chi connectivity index (χ3n) is 5.33. The molecule has 0 aliphatic carbocycles. The quantitative estimate of drug-likeness (QED) is 0.605. The van der Waals surface area contributed by atoms with Crippen LogP contribution in [-0.4, -0.2) is 22.5 Å². The van der Waals surface area contributed by atoms with E-state index in [0.717, 1.165) is 0 Å². The van der Waals surface area contributed by atoms with Gasteiger partial charge in [-0.05, 0) is 0 Å². The molecule has 144 valence electrons. The van der Waals surface area contributed by atoms with Gasteiger partial charge >= 0.3 is 159 Å². The molecule has 26 heavy (non-hydrogen) atoms. The van der Waals surface area contributed by atoms with E-state index in [9.17, 15) is 10.2 Å². The SMILES string of the molecule is CCCC[PH](CCCC(C)(C)C)(c1ccc(O)cc1)c1ccc(O)cc1. The predicted molar refractivity (Wildman–Crippen MR) is 117 cm³/mol. The third kappa shape index (κ3) is 5.48. The van der Waals surface area contributed by atoms with Crippen molar-refractivity contribution in [3.05, 3.63) is 48.5 Å². The standard InChI is InChI=1S/C23H35O2P/c1-5-6-17-26(18-7-16-23(2,3)4,21-12-8-19(24)9-13-21)22-14-10-20(25)11-15-22/h8-15,24-26H,5-7,16-18H2,1-4H3. The number of hydrogen-bond acceptors (Lipinski definition) is 2. The Labute approximate surface area is 159 Å². The fourth-order valence-corrected chi connectivity index (χ4v) is 8.91. The summed E-state index contributed by atoms with van der Waals surface area (Å²) in [6.07, 6.45) is 7.24. The summed E-state index contributed by atoms with van der Waals surface area (Å²) in [5, 5.41) is 22.3. The number of benzene rings is 2. The van der Waals surface area contributed by atoms with Crippen molar-refractivity contribution in [2.45, 2.75) is 53.4 Å². The Bertz CT molecular complexity index is 623. The van der Waals surface area contributed by atoms with Gasteiger partial charge in [-0.25, -0.2) is 0 Å². The molecule has 0 unspecified atom stereocenters. The van der Waals surface area contributed by atoms with Crippen molar-refractivity contribution in [1.29, 1.82) is 0 Å². The molecule has 0 fully saturated rings. The first-order chi connectivity index (χ1) is 12.3. The second kappa shape index (κ2) is 8.91. The van der Waals surface area contributed by atoms with E-state index in [1.807, 2.05) is 24.3 Å². The summed E-state index contributed by atoms with van der Waals surface area (Å²) in [7, 11) is -1.94. The first kappa shape index (κ1) is 20.8. The molecule has 2 rings (SSSR count). The van der Waals surface area contributed by atoms with Crippen LogP contribution in [0.4, 0.5) is 0 Å². The molecule has 0 heterocycles. The number of unbranched alkanes of at least 4 members (excludes halogenated alkanes) is 1. The Balaban J connectivity index is 2.46. The zero-order valence-electron chi connectivity index (χ0n) is 16.8. The maximum absolute atomic E-state index is 9.77. The van der Waals surface area contributed by atoms with Gasteiger partial charge in [-0.3, -0.25) is 0 Å². The summed E-state index contributed by atoms with van der Waals surface area (Å²) in [5.41, 5.74) is 0.342. The van der Waals surface area contributed by atoms with Crippen LogP contribution >= 0.6 is 7.26 Å². The van der Waals surface area contributed by atoms with Gasteiger partial charge in [-0.15, -0.1) is 0 Å². The summed E-state index contributed by atoms with van der Waals surface area (Å²) in [4.78, 5) is 0. The number of aromatic hydroxyl groups is 2. The van der Waals surface area contributed by atoms with Crippen LogP contribution in [0.5, 0.6) is 11.5 Å². The van der Waals surface area contributed by atoms with E-state index < -0.39 is 7.26 Å². The molecule has 0 saturated carbocycles. The van der Waals surface area contributed by atoms with Gasteiger partial charge in [-0.2, -0.15) is 0 Å². The van der Waals surface area contributed by atoms with Crippen LogP contribution < -0.4 is 10.6 Å². The van der Waals surface area contributed by atoms with Gasteiger partial charge in [0.1, 0.15) is 0 Å². The van der Waals surface area contributed by atoms with Gasteiger partial charge in [0.25, 0.3) is 0 Å². The molecular formula is C23H35O2P. The van der Waals surface area contributed by atoms with Crippen LogP contribution in [-0.2, 0) is 0 Å². The first-order valence-electron chi connectivity index (χ1n) is 9.86. The predicted octanol–water partition coefficient (Wildman–Crippen LogP) is 5.42. The second-order valence-electron chi connectivity index (χ2n) is 8.69. The average Bonchev–Trinajstić information content (AvgIpc) is 2.58. The Kier molecular flexibility index (Phi) is 7.12. The molecule has 0 bridgehead atoms. The van der Waals surface area contributed by atoms with Gasteiger partial charge in [-0.1, -0.05) is 0 Å².